The van der Waals surface area contributed by atoms with Crippen molar-refractivity contribution in [1.29, 1.82) is 0 Å². The first-order chi connectivity index (χ1) is 9.13. The van der Waals surface area contributed by atoms with Crippen LogP contribution in [0.5, 0.6) is 11.5 Å². The second kappa shape index (κ2) is 6.62. The Hall–Kier alpha value is -2.48. The van der Waals surface area contributed by atoms with Crippen molar-refractivity contribution in [3.05, 3.63) is 29.6 Å². The number of rotatable bonds is 4. The van der Waals surface area contributed by atoms with Crippen LogP contribution in [-0.4, -0.2) is 33.3 Å². The molecular formula is C11H15ClN6O2. The zero-order valence-electron chi connectivity index (χ0n) is 10.9. The van der Waals surface area contributed by atoms with E-state index in [1.165, 1.54) is 18.0 Å². The van der Waals surface area contributed by atoms with Crippen molar-refractivity contribution in [2.75, 3.05) is 18.4 Å². The van der Waals surface area contributed by atoms with Gasteiger partial charge in [0, 0.05) is 5.56 Å². The molecule has 0 fully saturated rings. The highest BCUT2D eigenvalue weighted by Gasteiger charge is 2.06. The maximum Gasteiger partial charge on any atom is 0.263 e. The fourth-order valence-corrected chi connectivity index (χ4v) is 1.41. The second-order valence-corrected chi connectivity index (χ2v) is 3.71. The number of hydrogen-bond acceptors (Lipinski definition) is 7. The van der Waals surface area contributed by atoms with Gasteiger partial charge in [0.15, 0.2) is 17.3 Å². The lowest BCUT2D eigenvalue weighted by atomic mass is 10.2. The van der Waals surface area contributed by atoms with Crippen LogP contribution in [-0.2, 0) is 0 Å². The molecule has 0 unspecified atom stereocenters. The van der Waals surface area contributed by atoms with E-state index in [1.54, 1.807) is 25.1 Å². The van der Waals surface area contributed by atoms with Gasteiger partial charge < -0.3 is 15.7 Å². The number of anilines is 1. The molecule has 1 aromatic carbocycles. The van der Waals surface area contributed by atoms with E-state index in [4.69, 9.17) is 10.6 Å². The highest BCUT2D eigenvalue weighted by atomic mass is 35.5. The Morgan fingerprint density at radius 1 is 1.45 bits per heavy atom. The smallest absolute Gasteiger partial charge is 0.263 e. The van der Waals surface area contributed by atoms with E-state index in [1.807, 2.05) is 0 Å². The van der Waals surface area contributed by atoms with Crippen molar-refractivity contribution in [3.63, 3.8) is 0 Å². The minimum absolute atomic E-state index is 0. The maximum atomic E-state index is 9.84. The summed E-state index contributed by atoms with van der Waals surface area (Å²) in [5.74, 6) is 6.89. The van der Waals surface area contributed by atoms with Crippen molar-refractivity contribution >= 4 is 24.6 Å². The van der Waals surface area contributed by atoms with E-state index in [0.29, 0.717) is 23.1 Å². The van der Waals surface area contributed by atoms with Gasteiger partial charge in [-0.2, -0.15) is 5.10 Å². The Kier molecular flexibility index (Phi) is 5.15. The van der Waals surface area contributed by atoms with Crippen LogP contribution < -0.4 is 16.0 Å². The summed E-state index contributed by atoms with van der Waals surface area (Å²) in [5, 5.41) is 21.3. The molecule has 1 aromatic heterocycles. The van der Waals surface area contributed by atoms with E-state index >= 15 is 0 Å². The summed E-state index contributed by atoms with van der Waals surface area (Å²) in [7, 11) is 1.48. The summed E-state index contributed by atoms with van der Waals surface area (Å²) in [6, 6.07) is 5.09. The number of nitrogens with two attached hydrogens (primary N) is 1. The largest absolute Gasteiger partial charge is 0.504 e. The van der Waals surface area contributed by atoms with Gasteiger partial charge in [0.1, 0.15) is 0 Å². The fourth-order valence-electron chi connectivity index (χ4n) is 1.41. The monoisotopic (exact) mass is 298 g/mol. The van der Waals surface area contributed by atoms with Crippen molar-refractivity contribution in [3.8, 4) is 11.5 Å². The Balaban J connectivity index is 0.00000200. The lowest BCUT2D eigenvalue weighted by Crippen LogP contribution is -2.13. The zero-order chi connectivity index (χ0) is 13.8. The average molecular weight is 299 g/mol. The van der Waals surface area contributed by atoms with Crippen LogP contribution in [0, 0.1) is 6.92 Å². The average Bonchev–Trinajstić information content (AvgIpc) is 2.72. The minimum atomic E-state index is 0. The number of aromatic nitrogens is 3. The Bertz CT molecular complexity index is 613. The lowest BCUT2D eigenvalue weighted by molar-refractivity contribution is 0.373. The highest BCUT2D eigenvalue weighted by molar-refractivity contribution is 5.85. The highest BCUT2D eigenvalue weighted by Crippen LogP contribution is 2.27. The normalized spacial score (nSPS) is 10.3. The van der Waals surface area contributed by atoms with Crippen LogP contribution in [0.25, 0.3) is 0 Å². The number of hydrazone groups is 1. The molecule has 108 valence electrons. The van der Waals surface area contributed by atoms with Gasteiger partial charge in [0.25, 0.3) is 5.95 Å². The summed E-state index contributed by atoms with van der Waals surface area (Å²) in [6.07, 6.45) is 1.43. The summed E-state index contributed by atoms with van der Waals surface area (Å²) in [6.45, 7) is 1.72. The molecule has 0 atom stereocenters. The SMILES string of the molecule is COc1cccc(/C=N/Nc2nnc(C)n2N)c1O.Cl. The van der Waals surface area contributed by atoms with Crippen LogP contribution in [0.2, 0.25) is 0 Å². The molecule has 0 amide bonds. The van der Waals surface area contributed by atoms with Crippen LogP contribution >= 0.6 is 12.4 Å². The van der Waals surface area contributed by atoms with Crippen LogP contribution in [0.3, 0.4) is 0 Å². The van der Waals surface area contributed by atoms with Crippen LogP contribution in [0.1, 0.15) is 11.4 Å². The number of benzene rings is 1. The van der Waals surface area contributed by atoms with Crippen molar-refractivity contribution in [2.24, 2.45) is 5.10 Å². The van der Waals surface area contributed by atoms with Crippen molar-refractivity contribution in [2.45, 2.75) is 6.92 Å². The van der Waals surface area contributed by atoms with Gasteiger partial charge in [-0.15, -0.1) is 22.6 Å². The number of aromatic hydroxyl groups is 1. The van der Waals surface area contributed by atoms with Crippen molar-refractivity contribution < 1.29 is 9.84 Å². The summed E-state index contributed by atoms with van der Waals surface area (Å²) >= 11 is 0. The number of nitrogens with one attached hydrogen (secondary N) is 1. The third-order valence-electron chi connectivity index (χ3n) is 2.48. The topological polar surface area (TPSA) is 111 Å². The molecule has 0 radical (unpaired) electrons. The Morgan fingerprint density at radius 3 is 2.80 bits per heavy atom. The van der Waals surface area contributed by atoms with Gasteiger partial charge in [0.05, 0.1) is 13.3 Å². The first kappa shape index (κ1) is 15.6. The Morgan fingerprint density at radius 2 is 2.20 bits per heavy atom. The summed E-state index contributed by atoms with van der Waals surface area (Å²) < 4.78 is 6.26. The number of ether oxygens (including phenoxy) is 1. The predicted molar refractivity (Wildman–Crippen MR) is 78.0 cm³/mol. The summed E-state index contributed by atoms with van der Waals surface area (Å²) in [5.41, 5.74) is 3.13. The first-order valence-corrected chi connectivity index (χ1v) is 5.45. The molecular weight excluding hydrogens is 284 g/mol. The molecule has 2 aromatic rings. The van der Waals surface area contributed by atoms with Gasteiger partial charge in [-0.1, -0.05) is 6.07 Å². The molecule has 20 heavy (non-hydrogen) atoms. The molecule has 0 spiro atoms. The molecule has 2 rings (SSSR count). The molecule has 4 N–H and O–H groups in total. The molecule has 0 aliphatic rings. The fraction of sp³-hybridized carbons (Fsp3) is 0.182. The number of nitrogen functional groups attached to an aromatic ring is 1. The van der Waals surface area contributed by atoms with Gasteiger partial charge in [-0.25, -0.2) is 10.1 Å². The number of halogens is 1. The van der Waals surface area contributed by atoms with Gasteiger partial charge in [-0.3, -0.25) is 0 Å². The number of methoxy groups -OCH3 is 1. The van der Waals surface area contributed by atoms with Crippen molar-refractivity contribution in [1.82, 2.24) is 14.9 Å². The first-order valence-electron chi connectivity index (χ1n) is 5.45. The number of phenolic OH excluding ortho intramolecular Hbond substituents is 1. The van der Waals surface area contributed by atoms with E-state index in [9.17, 15) is 5.11 Å². The zero-order valence-corrected chi connectivity index (χ0v) is 11.8. The number of aryl methyl sites for hydroxylation is 1. The molecule has 0 aliphatic heterocycles. The second-order valence-electron chi connectivity index (χ2n) is 3.71. The Labute approximate surface area is 121 Å². The molecule has 0 saturated carbocycles. The lowest BCUT2D eigenvalue weighted by Gasteiger charge is -2.05. The molecule has 0 saturated heterocycles. The molecule has 9 heteroatoms. The number of phenols is 1. The number of nitrogens with zero attached hydrogens (tertiary/aromatic N) is 4. The van der Waals surface area contributed by atoms with Crippen LogP contribution in [0.4, 0.5) is 5.95 Å². The van der Waals surface area contributed by atoms with E-state index < -0.39 is 0 Å². The number of hydrogen-bond donors (Lipinski definition) is 3. The number of para-hydroxylation sites is 1. The maximum absolute atomic E-state index is 9.84. The van der Waals surface area contributed by atoms with Gasteiger partial charge >= 0.3 is 0 Å². The molecule has 0 bridgehead atoms. The molecule has 1 heterocycles. The van der Waals surface area contributed by atoms with Crippen LogP contribution in [0.15, 0.2) is 23.3 Å². The van der Waals surface area contributed by atoms with Gasteiger partial charge in [0.2, 0.25) is 0 Å². The standard InChI is InChI=1S/C11H14N6O2.ClH/c1-7-14-16-11(17(7)12)15-13-6-8-4-3-5-9(19-2)10(8)18;/h3-6,18H,12H2,1-2H3,(H,15,16);1H/b13-6+;. The third kappa shape index (κ3) is 3.09. The molecule has 8 nitrogen and oxygen atoms in total. The quantitative estimate of drug-likeness (QED) is 0.439. The predicted octanol–water partition coefficient (Wildman–Crippen LogP) is 0.882. The van der Waals surface area contributed by atoms with Gasteiger partial charge in [-0.05, 0) is 19.1 Å². The van der Waals surface area contributed by atoms with E-state index in [-0.39, 0.29) is 18.2 Å². The minimum Gasteiger partial charge on any atom is -0.504 e. The third-order valence-corrected chi connectivity index (χ3v) is 2.48. The van der Waals surface area contributed by atoms with E-state index in [0.717, 1.165) is 0 Å². The van der Waals surface area contributed by atoms with E-state index in [2.05, 4.69) is 20.7 Å². The summed E-state index contributed by atoms with van der Waals surface area (Å²) in [4.78, 5) is 0. The molecule has 0 aliphatic carbocycles.